The number of fused-ring (bicyclic) bond motifs is 4. The minimum atomic E-state index is -4.91. The third-order valence-corrected chi connectivity index (χ3v) is 5.62. The second-order valence-corrected chi connectivity index (χ2v) is 7.73. The average molecular weight is 454 g/mol. The molecule has 0 heterocycles. The molecule has 0 saturated heterocycles. The summed E-state index contributed by atoms with van der Waals surface area (Å²) in [6, 6.07) is 2.28. The van der Waals surface area contributed by atoms with Crippen molar-refractivity contribution < 1.29 is 42.8 Å². The molecule has 0 aromatic heterocycles. The smallest absolute Gasteiger partial charge is 0.156 e. The summed E-state index contributed by atoms with van der Waals surface area (Å²) >= 11 is 0. The van der Waals surface area contributed by atoms with Crippen molar-refractivity contribution in [3.8, 4) is 11.8 Å². The van der Waals surface area contributed by atoms with Gasteiger partial charge in [-0.2, -0.15) is 0 Å². The lowest BCUT2D eigenvalue weighted by Crippen LogP contribution is -2.51. The van der Waals surface area contributed by atoms with E-state index in [0.29, 0.717) is 0 Å². The first-order valence-electron chi connectivity index (χ1n) is 21.6. The largest absolute Gasteiger partial charge is 0.378 e. The van der Waals surface area contributed by atoms with Crippen molar-refractivity contribution in [1.82, 2.24) is 0 Å². The minimum Gasteiger partial charge on any atom is -0.378 e. The van der Waals surface area contributed by atoms with Gasteiger partial charge in [0.25, 0.3) is 0 Å². The van der Waals surface area contributed by atoms with Crippen LogP contribution in [-0.4, -0.2) is 30.6 Å². The van der Waals surface area contributed by atoms with Crippen LogP contribution in [-0.2, 0) is 4.79 Å². The number of hydrogen-bond donors (Lipinski definition) is 1. The van der Waals surface area contributed by atoms with E-state index in [0.717, 1.165) is 24.3 Å². The second kappa shape index (κ2) is 7.63. The zero-order valence-electron chi connectivity index (χ0n) is 41.1. The Hall–Kier alpha value is -2.31. The summed E-state index contributed by atoms with van der Waals surface area (Å²) in [5, 5.41) is 12.6. The Kier molecular flexibility index (Phi) is 1.75. The van der Waals surface area contributed by atoms with Gasteiger partial charge in [0.15, 0.2) is 5.78 Å². The molecule has 0 aliphatic heterocycles. The lowest BCUT2D eigenvalue weighted by Gasteiger charge is -2.53. The number of carbonyl (C=O) groups is 1. The van der Waals surface area contributed by atoms with Crippen LogP contribution in [0.15, 0.2) is 47.0 Å². The Morgan fingerprint density at radius 1 is 1.25 bits per heavy atom. The third-order valence-electron chi connectivity index (χ3n) is 5.62. The molecule has 1 N–H and O–H groups in total. The minimum absolute atomic E-state index is 0.275. The van der Waals surface area contributed by atoms with Gasteiger partial charge in [0, 0.05) is 69.0 Å². The molecule has 0 unspecified atom stereocenters. The fourth-order valence-corrected chi connectivity index (χ4v) is 3.95. The van der Waals surface area contributed by atoms with Gasteiger partial charge in [0.1, 0.15) is 5.60 Å². The second-order valence-electron chi connectivity index (χ2n) is 7.73. The highest BCUT2D eigenvalue weighted by Gasteiger charge is 2.62. The van der Waals surface area contributed by atoms with Crippen molar-refractivity contribution in [2.45, 2.75) is 69.8 Å². The molecule has 0 radical (unpaired) electrons. The number of allylic oxidation sites excluding steroid dienone is 4. The number of anilines is 1. The zero-order valence-corrected chi connectivity index (χ0v) is 17.1. The molecule has 4 aliphatic rings. The summed E-state index contributed by atoms with van der Waals surface area (Å²) < 4.78 is 216. The number of benzene rings is 1. The Bertz CT molecular complexity index is 2050. The first-order valence-corrected chi connectivity index (χ1v) is 9.62. The Balaban J connectivity index is 2.33. The lowest BCUT2D eigenvalue weighted by atomic mass is 9.51. The van der Waals surface area contributed by atoms with E-state index < -0.39 is 121 Å². The van der Waals surface area contributed by atoms with Crippen LogP contribution in [0.25, 0.3) is 0 Å². The maximum atomic E-state index is 13.3. The highest BCUT2D eigenvalue weighted by atomic mass is 16.3. The molecule has 0 bridgehead atoms. The fourth-order valence-electron chi connectivity index (χ4n) is 3.95. The monoisotopic (exact) mass is 453 g/mol. The molecule has 2 saturated carbocycles. The van der Waals surface area contributed by atoms with Crippen LogP contribution in [0.5, 0.6) is 0 Å². The number of ketones is 1. The van der Waals surface area contributed by atoms with Crippen molar-refractivity contribution in [3.05, 3.63) is 52.6 Å². The zero-order chi connectivity index (χ0) is 43.9. The van der Waals surface area contributed by atoms with Gasteiger partial charge in [0.05, 0.1) is 1.37 Å². The molecule has 2 fully saturated rings. The van der Waals surface area contributed by atoms with Crippen LogP contribution in [0.1, 0.15) is 103 Å². The summed E-state index contributed by atoms with van der Waals surface area (Å²) in [4.78, 5) is 14.8. The maximum absolute atomic E-state index is 13.3. The van der Waals surface area contributed by atoms with Gasteiger partial charge >= 0.3 is 0 Å². The Labute approximate surface area is 226 Å². The van der Waals surface area contributed by atoms with E-state index in [1.54, 1.807) is 0 Å². The van der Waals surface area contributed by atoms with Gasteiger partial charge in [-0.1, -0.05) is 30.5 Å². The molecule has 32 heavy (non-hydrogen) atoms. The molecule has 0 amide bonds. The average Bonchev–Trinajstić information content (AvgIpc) is 3.11. The molecule has 5 atom stereocenters. The summed E-state index contributed by atoms with van der Waals surface area (Å²) in [6.45, 7) is -8.23. The van der Waals surface area contributed by atoms with E-state index in [2.05, 4.69) is 0 Å². The number of carbonyl (C=O) groups excluding carboxylic acids is 1. The van der Waals surface area contributed by atoms with E-state index in [9.17, 15) is 22.2 Å². The predicted molar refractivity (Wildman–Crippen MR) is 129 cm³/mol. The molecule has 1 aromatic carbocycles. The van der Waals surface area contributed by atoms with Crippen LogP contribution in [0.3, 0.4) is 0 Å². The van der Waals surface area contributed by atoms with Gasteiger partial charge < -0.3 is 10.0 Å². The maximum Gasteiger partial charge on any atom is 0.156 e. The van der Waals surface area contributed by atoms with E-state index in [1.165, 1.54) is 30.8 Å². The summed E-state index contributed by atoms with van der Waals surface area (Å²) in [5.74, 6) is -13.0. The highest BCUT2D eigenvalue weighted by Crippen LogP contribution is 2.66. The van der Waals surface area contributed by atoms with Crippen LogP contribution >= 0.6 is 0 Å². The van der Waals surface area contributed by atoms with Crippen molar-refractivity contribution >= 4 is 11.5 Å². The number of nitrogens with zero attached hydrogens (tertiary/aromatic N) is 1. The van der Waals surface area contributed by atoms with E-state index >= 15 is 0 Å². The molecule has 0 spiro atoms. The highest BCUT2D eigenvalue weighted by molar-refractivity contribution is 5.93. The standard InChI is InChI=1S/C29H35NO2/c1-5-15-29(32)16-14-26-24-12-8-20-17-22(31)11-13-23(20)27(24)25(18-28(26,29)2)19-6-9-21(10-7-19)30(3)4/h6-7,9-10,17,24-26,32H,8,11-14,16,18H2,1-4H3/t24-,25+,26-,28-,29-/m0/s1/i1D3,2D3,8D2,11D2,12D2,13D2,14D2,16D2,17D,18D2,24D,25D,26D. The number of hydrogen-bond acceptors (Lipinski definition) is 3. The molecule has 5 rings (SSSR count). The molecule has 168 valence electrons. The topological polar surface area (TPSA) is 40.5 Å². The summed E-state index contributed by atoms with van der Waals surface area (Å²) in [6.07, 6.45) is -30.8. The molecule has 3 nitrogen and oxygen atoms in total. The van der Waals surface area contributed by atoms with Gasteiger partial charge in [0.2, 0.25) is 0 Å². The van der Waals surface area contributed by atoms with E-state index in [4.69, 9.17) is 20.6 Å². The van der Waals surface area contributed by atoms with Crippen molar-refractivity contribution in [2.75, 3.05) is 19.0 Å². The molecular weight excluding hydrogens is 394 g/mol. The molecule has 4 aliphatic carbocycles. The summed E-state index contributed by atoms with van der Waals surface area (Å²) in [5.41, 5.74) is -15.5. The van der Waals surface area contributed by atoms with E-state index in [1.807, 2.05) is 0 Å². The van der Waals surface area contributed by atoms with E-state index in [-0.39, 0.29) is 5.69 Å². The van der Waals surface area contributed by atoms with Gasteiger partial charge in [-0.3, -0.25) is 4.79 Å². The first-order chi connectivity index (χ1) is 24.5. The van der Waals surface area contributed by atoms with Gasteiger partial charge in [-0.15, -0.1) is 5.92 Å². The van der Waals surface area contributed by atoms with Crippen molar-refractivity contribution in [1.29, 1.82) is 0 Å². The van der Waals surface area contributed by atoms with Crippen molar-refractivity contribution in [2.24, 2.45) is 17.2 Å². The third kappa shape index (κ3) is 3.11. The Morgan fingerprint density at radius 2 is 2.06 bits per heavy atom. The van der Waals surface area contributed by atoms with Gasteiger partial charge in [-0.05, 0) is 91.8 Å². The Morgan fingerprint density at radius 3 is 2.78 bits per heavy atom. The first kappa shape index (κ1) is 7.34. The van der Waals surface area contributed by atoms with Crippen LogP contribution < -0.4 is 4.90 Å². The summed E-state index contributed by atoms with van der Waals surface area (Å²) in [7, 11) is 3.05. The molecule has 1 aromatic rings. The number of rotatable bonds is 2. The molecular formula is C29H35NO2. The van der Waals surface area contributed by atoms with Crippen LogP contribution in [0, 0.1) is 29.0 Å². The van der Waals surface area contributed by atoms with Gasteiger partial charge in [-0.25, -0.2) is 0 Å². The molecule has 3 heteroatoms. The normalized spacial score (nSPS) is 65.9. The van der Waals surface area contributed by atoms with Crippen LogP contribution in [0.2, 0.25) is 0 Å². The SMILES string of the molecule is [2H]C1=C2C(=C3[C@@]([2H])(c4ccc(N(C)C)cc4)C([2H])([2H])[C@@]4(C([2H])([2H])[2H])[C@@]([2H])(C([2H])([2H])C([2H])([2H])[C@@]4(O)C#CC([2H])([2H])[2H])[C@]3([2H])C([2H])([2H])C2([2H])[2H])C([2H])([2H])C([2H])([2H])C1=O. The lowest BCUT2D eigenvalue weighted by molar-refractivity contribution is -0.114. The fraction of sp³-hybridized carbons (Fsp3) is 0.552. The number of aliphatic hydroxyl groups is 1. The van der Waals surface area contributed by atoms with Crippen molar-refractivity contribution in [3.63, 3.8) is 0 Å². The quantitative estimate of drug-likeness (QED) is 0.609. The predicted octanol–water partition coefficient (Wildman–Crippen LogP) is 5.41. The van der Waals surface area contributed by atoms with Crippen LogP contribution in [0.4, 0.5) is 5.69 Å².